The van der Waals surface area contributed by atoms with Crippen LogP contribution in [0, 0.1) is 6.92 Å². The van der Waals surface area contributed by atoms with E-state index in [2.05, 4.69) is 5.10 Å². The molecule has 2 rings (SSSR count). The summed E-state index contributed by atoms with van der Waals surface area (Å²) in [5.41, 5.74) is 0.734. The SMILES string of the molecule is COc1c(C2(C(=O)O)CC2)c(C)nn1C. The Bertz CT molecular complexity index is 419. The summed E-state index contributed by atoms with van der Waals surface area (Å²) in [5, 5.41) is 13.4. The second-order valence-corrected chi connectivity index (χ2v) is 3.98. The molecule has 0 saturated heterocycles. The molecule has 5 nitrogen and oxygen atoms in total. The highest BCUT2D eigenvalue weighted by Gasteiger charge is 2.55. The summed E-state index contributed by atoms with van der Waals surface area (Å²) in [7, 11) is 3.30. The molecule has 0 aliphatic heterocycles. The quantitative estimate of drug-likeness (QED) is 0.803. The van der Waals surface area contributed by atoms with Gasteiger partial charge in [0.15, 0.2) is 0 Å². The van der Waals surface area contributed by atoms with Crippen LogP contribution in [0.4, 0.5) is 0 Å². The van der Waals surface area contributed by atoms with Gasteiger partial charge in [-0.3, -0.25) is 4.79 Å². The number of methoxy groups -OCH3 is 1. The van der Waals surface area contributed by atoms with Crippen molar-refractivity contribution >= 4 is 5.97 Å². The number of ether oxygens (including phenoxy) is 1. The Balaban J connectivity index is 2.57. The molecule has 1 fully saturated rings. The highest BCUT2D eigenvalue weighted by molar-refractivity contribution is 5.86. The molecular weight excluding hydrogens is 196 g/mol. The molecule has 1 N–H and O–H groups in total. The third-order valence-electron chi connectivity index (χ3n) is 3.00. The standard InChI is InChI=1S/C10H14N2O3/c1-6-7(8(15-3)12(2)11-6)10(4-5-10)9(13)14/h4-5H2,1-3H3,(H,13,14). The molecule has 0 spiro atoms. The van der Waals surface area contributed by atoms with Crippen molar-refractivity contribution < 1.29 is 14.6 Å². The molecule has 0 bridgehead atoms. The highest BCUT2D eigenvalue weighted by Crippen LogP contribution is 2.52. The lowest BCUT2D eigenvalue weighted by atomic mass is 9.96. The summed E-state index contributed by atoms with van der Waals surface area (Å²) in [6.07, 6.45) is 1.34. The van der Waals surface area contributed by atoms with Gasteiger partial charge in [0.25, 0.3) is 0 Å². The molecule has 1 heterocycles. The van der Waals surface area contributed by atoms with Crippen molar-refractivity contribution in [2.45, 2.75) is 25.2 Å². The van der Waals surface area contributed by atoms with E-state index in [0.717, 1.165) is 11.3 Å². The van der Waals surface area contributed by atoms with Crippen LogP contribution in [0.3, 0.4) is 0 Å². The summed E-state index contributed by atoms with van der Waals surface area (Å²) in [6.45, 7) is 1.82. The van der Waals surface area contributed by atoms with Crippen LogP contribution in [0.1, 0.15) is 24.1 Å². The number of carboxylic acids is 1. The van der Waals surface area contributed by atoms with E-state index in [4.69, 9.17) is 4.74 Å². The Labute approximate surface area is 87.7 Å². The van der Waals surface area contributed by atoms with Crippen molar-refractivity contribution in [1.82, 2.24) is 9.78 Å². The maximum Gasteiger partial charge on any atom is 0.314 e. The van der Waals surface area contributed by atoms with Crippen LogP contribution in [0.5, 0.6) is 5.88 Å². The Morgan fingerprint density at radius 3 is 2.60 bits per heavy atom. The molecule has 0 radical (unpaired) electrons. The summed E-state index contributed by atoms with van der Waals surface area (Å²) >= 11 is 0. The number of carbonyl (C=O) groups is 1. The fraction of sp³-hybridized carbons (Fsp3) is 0.600. The first-order chi connectivity index (χ1) is 7.03. The van der Waals surface area contributed by atoms with Crippen LogP contribution in [-0.4, -0.2) is 28.0 Å². The third-order valence-corrected chi connectivity index (χ3v) is 3.00. The molecule has 1 aliphatic carbocycles. The van der Waals surface area contributed by atoms with Gasteiger partial charge in [-0.1, -0.05) is 0 Å². The Morgan fingerprint density at radius 1 is 1.60 bits per heavy atom. The molecule has 1 aliphatic rings. The predicted molar refractivity (Wildman–Crippen MR) is 53.0 cm³/mol. The Kier molecular flexibility index (Phi) is 1.99. The van der Waals surface area contributed by atoms with E-state index in [1.54, 1.807) is 11.7 Å². The van der Waals surface area contributed by atoms with Crippen LogP contribution in [-0.2, 0) is 17.3 Å². The number of hydrogen-bond donors (Lipinski definition) is 1. The third kappa shape index (κ3) is 1.22. The molecule has 0 amide bonds. The number of nitrogens with zero attached hydrogens (tertiary/aromatic N) is 2. The van der Waals surface area contributed by atoms with Crippen molar-refractivity contribution in [3.05, 3.63) is 11.3 Å². The topological polar surface area (TPSA) is 64.3 Å². The molecular formula is C10H14N2O3. The van der Waals surface area contributed by atoms with E-state index in [0.29, 0.717) is 18.7 Å². The molecule has 82 valence electrons. The van der Waals surface area contributed by atoms with Gasteiger partial charge in [0.05, 0.1) is 23.8 Å². The first-order valence-corrected chi connectivity index (χ1v) is 4.84. The van der Waals surface area contributed by atoms with Crippen molar-refractivity contribution in [3.8, 4) is 5.88 Å². The number of aryl methyl sites for hydroxylation is 2. The lowest BCUT2D eigenvalue weighted by molar-refractivity contribution is -0.140. The van der Waals surface area contributed by atoms with Crippen LogP contribution >= 0.6 is 0 Å². The molecule has 1 aromatic heterocycles. The molecule has 15 heavy (non-hydrogen) atoms. The smallest absolute Gasteiger partial charge is 0.314 e. The van der Waals surface area contributed by atoms with Crippen LogP contribution in [0.2, 0.25) is 0 Å². The van der Waals surface area contributed by atoms with Gasteiger partial charge >= 0.3 is 5.97 Å². The predicted octanol–water partition coefficient (Wildman–Crippen LogP) is 0.853. The minimum absolute atomic E-state index is 0.562. The lowest BCUT2D eigenvalue weighted by Gasteiger charge is -2.11. The average Bonchev–Trinajstić information content (AvgIpc) is 2.89. The van der Waals surface area contributed by atoms with E-state index < -0.39 is 11.4 Å². The molecule has 0 aromatic carbocycles. The first-order valence-electron chi connectivity index (χ1n) is 4.84. The minimum Gasteiger partial charge on any atom is -0.481 e. The molecule has 1 aromatic rings. The van der Waals surface area contributed by atoms with Gasteiger partial charge < -0.3 is 9.84 Å². The molecule has 0 atom stereocenters. The zero-order chi connectivity index (χ0) is 11.2. The monoisotopic (exact) mass is 210 g/mol. The van der Waals surface area contributed by atoms with E-state index in [9.17, 15) is 9.90 Å². The van der Waals surface area contributed by atoms with Crippen molar-refractivity contribution in [1.29, 1.82) is 0 Å². The number of hydrogen-bond acceptors (Lipinski definition) is 3. The second-order valence-electron chi connectivity index (χ2n) is 3.98. The molecule has 1 saturated carbocycles. The zero-order valence-electron chi connectivity index (χ0n) is 9.07. The summed E-state index contributed by atoms with van der Waals surface area (Å²) < 4.78 is 6.80. The lowest BCUT2D eigenvalue weighted by Crippen LogP contribution is -2.20. The van der Waals surface area contributed by atoms with Gasteiger partial charge in [0.1, 0.15) is 0 Å². The van der Waals surface area contributed by atoms with E-state index >= 15 is 0 Å². The Hall–Kier alpha value is -1.52. The number of aromatic nitrogens is 2. The molecule has 5 heteroatoms. The van der Waals surface area contributed by atoms with Gasteiger partial charge in [0, 0.05) is 7.05 Å². The van der Waals surface area contributed by atoms with Gasteiger partial charge in [0.2, 0.25) is 5.88 Å². The minimum atomic E-state index is -0.781. The zero-order valence-corrected chi connectivity index (χ0v) is 9.07. The summed E-state index contributed by atoms with van der Waals surface area (Å²) in [4.78, 5) is 11.2. The molecule has 0 unspecified atom stereocenters. The largest absolute Gasteiger partial charge is 0.481 e. The highest BCUT2D eigenvalue weighted by atomic mass is 16.5. The van der Waals surface area contributed by atoms with E-state index in [1.807, 2.05) is 6.92 Å². The maximum absolute atomic E-state index is 11.2. The van der Waals surface area contributed by atoms with Gasteiger partial charge in [-0.15, -0.1) is 0 Å². The second kappa shape index (κ2) is 2.98. The summed E-state index contributed by atoms with van der Waals surface area (Å²) in [5.74, 6) is -0.218. The summed E-state index contributed by atoms with van der Waals surface area (Å²) in [6, 6.07) is 0. The van der Waals surface area contributed by atoms with Crippen LogP contribution in [0.15, 0.2) is 0 Å². The van der Waals surface area contributed by atoms with Crippen LogP contribution in [0.25, 0.3) is 0 Å². The van der Waals surface area contributed by atoms with Crippen molar-refractivity contribution in [2.24, 2.45) is 7.05 Å². The normalized spacial score (nSPS) is 17.5. The van der Waals surface area contributed by atoms with Crippen LogP contribution < -0.4 is 4.74 Å². The number of carboxylic acid groups (broad SMARTS) is 1. The van der Waals surface area contributed by atoms with Gasteiger partial charge in [-0.2, -0.15) is 5.10 Å². The Morgan fingerprint density at radius 2 is 2.20 bits per heavy atom. The number of aliphatic carboxylic acids is 1. The van der Waals surface area contributed by atoms with Gasteiger partial charge in [-0.25, -0.2) is 4.68 Å². The van der Waals surface area contributed by atoms with Crippen molar-refractivity contribution in [2.75, 3.05) is 7.11 Å². The van der Waals surface area contributed by atoms with E-state index in [1.165, 1.54) is 7.11 Å². The first kappa shape index (κ1) is 10.0. The fourth-order valence-electron chi connectivity index (χ4n) is 2.12. The fourth-order valence-corrected chi connectivity index (χ4v) is 2.12. The number of rotatable bonds is 3. The van der Waals surface area contributed by atoms with E-state index in [-0.39, 0.29) is 0 Å². The average molecular weight is 210 g/mol. The maximum atomic E-state index is 11.2. The van der Waals surface area contributed by atoms with Crippen molar-refractivity contribution in [3.63, 3.8) is 0 Å². The van der Waals surface area contributed by atoms with Gasteiger partial charge in [-0.05, 0) is 19.8 Å².